The normalized spacial score (nSPS) is 10.5. The van der Waals surface area contributed by atoms with Gasteiger partial charge in [-0.3, -0.25) is 0 Å². The largest absolute Gasteiger partial charge is 0.384 e. The predicted octanol–water partition coefficient (Wildman–Crippen LogP) is 2.16. The van der Waals surface area contributed by atoms with Crippen LogP contribution < -0.4 is 5.32 Å². The summed E-state index contributed by atoms with van der Waals surface area (Å²) in [5.41, 5.74) is 0.921. The summed E-state index contributed by atoms with van der Waals surface area (Å²) in [5, 5.41) is 11.9. The van der Waals surface area contributed by atoms with E-state index >= 15 is 0 Å². The van der Waals surface area contributed by atoms with Crippen molar-refractivity contribution in [1.82, 2.24) is 14.8 Å². The molecule has 17 heavy (non-hydrogen) atoms. The number of hydrogen-bond donors (Lipinski definition) is 1. The molecule has 0 amide bonds. The number of anilines is 1. The second kappa shape index (κ2) is 5.67. The van der Waals surface area contributed by atoms with E-state index in [1.54, 1.807) is 30.2 Å². The summed E-state index contributed by atoms with van der Waals surface area (Å²) in [6, 6.07) is 6.33. The molecular formula is C11H13FN4S. The van der Waals surface area contributed by atoms with E-state index in [1.165, 1.54) is 12.1 Å². The number of rotatable bonds is 5. The Kier molecular flexibility index (Phi) is 3.98. The van der Waals surface area contributed by atoms with Crippen molar-refractivity contribution in [2.45, 2.75) is 5.16 Å². The van der Waals surface area contributed by atoms with Crippen LogP contribution in [0.4, 0.5) is 10.1 Å². The van der Waals surface area contributed by atoms with E-state index in [1.807, 2.05) is 11.6 Å². The van der Waals surface area contributed by atoms with Gasteiger partial charge in [-0.2, -0.15) is 0 Å². The summed E-state index contributed by atoms with van der Waals surface area (Å²) >= 11 is 1.63. The fourth-order valence-corrected chi connectivity index (χ4v) is 2.05. The Morgan fingerprint density at radius 2 is 2.12 bits per heavy atom. The maximum absolute atomic E-state index is 12.7. The Labute approximate surface area is 103 Å². The van der Waals surface area contributed by atoms with Crippen LogP contribution in [0.5, 0.6) is 0 Å². The number of nitrogens with one attached hydrogen (secondary N) is 1. The molecule has 4 nitrogen and oxygen atoms in total. The lowest BCUT2D eigenvalue weighted by Gasteiger charge is -2.05. The fourth-order valence-electron chi connectivity index (χ4n) is 1.31. The minimum absolute atomic E-state index is 0.219. The lowest BCUT2D eigenvalue weighted by molar-refractivity contribution is 0.628. The highest BCUT2D eigenvalue weighted by Gasteiger charge is 2.00. The van der Waals surface area contributed by atoms with Gasteiger partial charge in [0.05, 0.1) is 0 Å². The number of aryl methyl sites for hydroxylation is 1. The van der Waals surface area contributed by atoms with E-state index in [2.05, 4.69) is 15.5 Å². The second-order valence-electron chi connectivity index (χ2n) is 3.51. The molecule has 0 saturated carbocycles. The Hall–Kier alpha value is -1.56. The quantitative estimate of drug-likeness (QED) is 0.654. The van der Waals surface area contributed by atoms with Crippen LogP contribution in [0.1, 0.15) is 0 Å². The first-order chi connectivity index (χ1) is 8.25. The molecule has 0 aliphatic heterocycles. The van der Waals surface area contributed by atoms with Gasteiger partial charge in [-0.1, -0.05) is 11.8 Å². The predicted molar refractivity (Wildman–Crippen MR) is 66.6 cm³/mol. The number of halogens is 1. The van der Waals surface area contributed by atoms with Crippen molar-refractivity contribution in [1.29, 1.82) is 0 Å². The summed E-state index contributed by atoms with van der Waals surface area (Å²) in [7, 11) is 1.91. The van der Waals surface area contributed by atoms with Crippen LogP contribution in [-0.4, -0.2) is 27.1 Å². The molecule has 0 fully saturated rings. The average molecular weight is 252 g/mol. The molecule has 0 bridgehead atoms. The molecule has 0 aliphatic rings. The molecule has 90 valence electrons. The summed E-state index contributed by atoms with van der Waals surface area (Å²) < 4.78 is 14.5. The molecule has 0 spiro atoms. The third-order valence-electron chi connectivity index (χ3n) is 2.18. The van der Waals surface area contributed by atoms with E-state index in [4.69, 9.17) is 0 Å². The van der Waals surface area contributed by atoms with E-state index < -0.39 is 0 Å². The molecule has 0 aliphatic carbocycles. The van der Waals surface area contributed by atoms with Crippen LogP contribution in [0.3, 0.4) is 0 Å². The third-order valence-corrected chi connectivity index (χ3v) is 3.21. The topological polar surface area (TPSA) is 42.7 Å². The van der Waals surface area contributed by atoms with Crippen LogP contribution in [0, 0.1) is 5.82 Å². The smallest absolute Gasteiger partial charge is 0.190 e. The van der Waals surface area contributed by atoms with Gasteiger partial charge in [0.2, 0.25) is 0 Å². The van der Waals surface area contributed by atoms with Gasteiger partial charge < -0.3 is 9.88 Å². The van der Waals surface area contributed by atoms with Crippen molar-refractivity contribution in [2.24, 2.45) is 7.05 Å². The zero-order valence-corrected chi connectivity index (χ0v) is 10.2. The maximum Gasteiger partial charge on any atom is 0.190 e. The lowest BCUT2D eigenvalue weighted by atomic mass is 10.3. The third kappa shape index (κ3) is 3.45. The highest BCUT2D eigenvalue weighted by molar-refractivity contribution is 7.99. The van der Waals surface area contributed by atoms with E-state index in [0.717, 1.165) is 23.1 Å². The van der Waals surface area contributed by atoms with Gasteiger partial charge in [-0.15, -0.1) is 10.2 Å². The monoisotopic (exact) mass is 252 g/mol. The van der Waals surface area contributed by atoms with Gasteiger partial charge in [-0.05, 0) is 24.3 Å². The zero-order valence-electron chi connectivity index (χ0n) is 9.43. The zero-order chi connectivity index (χ0) is 12.1. The molecule has 2 rings (SSSR count). The number of thioether (sulfide) groups is 1. The Bertz CT molecular complexity index is 469. The highest BCUT2D eigenvalue weighted by atomic mass is 32.2. The first-order valence-electron chi connectivity index (χ1n) is 5.22. The fraction of sp³-hybridized carbons (Fsp3) is 0.273. The molecule has 0 unspecified atom stereocenters. The van der Waals surface area contributed by atoms with Crippen molar-refractivity contribution in [3.05, 3.63) is 36.4 Å². The first kappa shape index (κ1) is 11.9. The van der Waals surface area contributed by atoms with Crippen LogP contribution in [0.25, 0.3) is 0 Å². The van der Waals surface area contributed by atoms with Crippen LogP contribution in [0.15, 0.2) is 35.7 Å². The molecule has 0 saturated heterocycles. The van der Waals surface area contributed by atoms with E-state index in [-0.39, 0.29) is 5.82 Å². The summed E-state index contributed by atoms with van der Waals surface area (Å²) in [6.07, 6.45) is 1.68. The molecule has 2 aromatic rings. The molecule has 1 aromatic carbocycles. The maximum atomic E-state index is 12.7. The van der Waals surface area contributed by atoms with Gasteiger partial charge in [0, 0.05) is 25.0 Å². The summed E-state index contributed by atoms with van der Waals surface area (Å²) in [5.74, 6) is 0.660. The number of aromatic nitrogens is 3. The number of benzene rings is 1. The molecule has 1 heterocycles. The van der Waals surface area contributed by atoms with E-state index in [9.17, 15) is 4.39 Å². The van der Waals surface area contributed by atoms with Crippen molar-refractivity contribution >= 4 is 17.4 Å². The SMILES string of the molecule is Cn1cnnc1SCCNc1ccc(F)cc1. The van der Waals surface area contributed by atoms with Gasteiger partial charge in [0.1, 0.15) is 12.1 Å². The van der Waals surface area contributed by atoms with Crippen LogP contribution in [0.2, 0.25) is 0 Å². The molecule has 1 aromatic heterocycles. The molecule has 6 heteroatoms. The standard InChI is InChI=1S/C11H13FN4S/c1-16-8-14-15-11(16)17-7-6-13-10-4-2-9(12)3-5-10/h2-5,8,13H,6-7H2,1H3. The van der Waals surface area contributed by atoms with E-state index in [0.29, 0.717) is 0 Å². The minimum atomic E-state index is -0.219. The molecule has 1 N–H and O–H groups in total. The minimum Gasteiger partial charge on any atom is -0.384 e. The Morgan fingerprint density at radius 1 is 1.35 bits per heavy atom. The van der Waals surface area contributed by atoms with Crippen LogP contribution in [-0.2, 0) is 7.05 Å². The lowest BCUT2D eigenvalue weighted by Crippen LogP contribution is -2.04. The summed E-state index contributed by atoms with van der Waals surface area (Å²) in [4.78, 5) is 0. The molecule has 0 radical (unpaired) electrons. The van der Waals surface area contributed by atoms with Crippen molar-refractivity contribution in [2.75, 3.05) is 17.6 Å². The highest BCUT2D eigenvalue weighted by Crippen LogP contribution is 2.13. The first-order valence-corrected chi connectivity index (χ1v) is 6.20. The van der Waals surface area contributed by atoms with Gasteiger partial charge in [0.15, 0.2) is 5.16 Å². The van der Waals surface area contributed by atoms with Crippen molar-refractivity contribution in [3.63, 3.8) is 0 Å². The molecular weight excluding hydrogens is 239 g/mol. The second-order valence-corrected chi connectivity index (χ2v) is 4.57. The Balaban J connectivity index is 1.73. The average Bonchev–Trinajstić information content (AvgIpc) is 2.73. The van der Waals surface area contributed by atoms with Crippen molar-refractivity contribution < 1.29 is 4.39 Å². The molecule has 0 atom stereocenters. The Morgan fingerprint density at radius 3 is 2.76 bits per heavy atom. The number of nitrogens with zero attached hydrogens (tertiary/aromatic N) is 3. The van der Waals surface area contributed by atoms with Crippen molar-refractivity contribution in [3.8, 4) is 0 Å². The van der Waals surface area contributed by atoms with Gasteiger partial charge in [-0.25, -0.2) is 4.39 Å². The number of hydrogen-bond acceptors (Lipinski definition) is 4. The van der Waals surface area contributed by atoms with Gasteiger partial charge >= 0.3 is 0 Å². The van der Waals surface area contributed by atoms with Crippen LogP contribution >= 0.6 is 11.8 Å². The summed E-state index contributed by atoms with van der Waals surface area (Å²) in [6.45, 7) is 0.795. The van der Waals surface area contributed by atoms with Gasteiger partial charge in [0.25, 0.3) is 0 Å².